The number of halogens is 1. The number of hydrogen-bond donors (Lipinski definition) is 0. The zero-order valence-corrected chi connectivity index (χ0v) is 7.20. The van der Waals surface area contributed by atoms with Crippen molar-refractivity contribution in [2.45, 2.75) is 32.6 Å². The molecule has 0 radical (unpaired) electrons. The molecule has 0 spiro atoms. The minimum atomic E-state index is 0.171. The fourth-order valence-electron chi connectivity index (χ4n) is 0.615. The van der Waals surface area contributed by atoms with E-state index in [-0.39, 0.29) is 5.38 Å². The van der Waals surface area contributed by atoms with Gasteiger partial charge in [-0.2, -0.15) is 0 Å². The van der Waals surface area contributed by atoms with Gasteiger partial charge < -0.3 is 0 Å². The van der Waals surface area contributed by atoms with E-state index in [2.05, 4.69) is 20.4 Å². The maximum atomic E-state index is 5.91. The number of alkyl halides is 1. The molecule has 0 nitrogen and oxygen atoms in total. The average molecular weight is 147 g/mol. The Morgan fingerprint density at radius 3 is 2.11 bits per heavy atom. The van der Waals surface area contributed by atoms with Gasteiger partial charge >= 0.3 is 0 Å². The summed E-state index contributed by atoms with van der Waals surface area (Å²) in [7, 11) is 0. The van der Waals surface area contributed by atoms with Gasteiger partial charge in [0, 0.05) is 0 Å². The van der Waals surface area contributed by atoms with E-state index in [0.29, 0.717) is 5.92 Å². The normalized spacial score (nSPS) is 13.9. The molecule has 0 bridgehead atoms. The molecule has 0 N–H and O–H groups in total. The van der Waals surface area contributed by atoms with E-state index < -0.39 is 0 Å². The third-order valence-electron chi connectivity index (χ3n) is 1.21. The molecule has 1 heteroatoms. The summed E-state index contributed by atoms with van der Waals surface area (Å²) in [5.74, 6) is 0.671. The van der Waals surface area contributed by atoms with Crippen molar-refractivity contribution in [2.24, 2.45) is 5.92 Å². The van der Waals surface area contributed by atoms with Crippen molar-refractivity contribution in [1.29, 1.82) is 0 Å². The molecule has 0 saturated heterocycles. The van der Waals surface area contributed by atoms with E-state index in [0.717, 1.165) is 12.0 Å². The fourth-order valence-corrected chi connectivity index (χ4v) is 0.971. The summed E-state index contributed by atoms with van der Waals surface area (Å²) in [6.45, 7) is 10.1. The zero-order chi connectivity index (χ0) is 7.44. The number of allylic oxidation sites excluding steroid dienone is 1. The molecule has 1 atom stereocenters. The van der Waals surface area contributed by atoms with Gasteiger partial charge in [-0.3, -0.25) is 0 Å². The Morgan fingerprint density at radius 1 is 1.56 bits per heavy atom. The Balaban J connectivity index is 3.50. The lowest BCUT2D eigenvalue weighted by molar-refractivity contribution is 0.589. The molecule has 0 aromatic rings. The van der Waals surface area contributed by atoms with Crippen LogP contribution in [-0.4, -0.2) is 5.38 Å². The van der Waals surface area contributed by atoms with Crippen molar-refractivity contribution >= 4 is 11.6 Å². The molecule has 0 aliphatic rings. The summed E-state index contributed by atoms with van der Waals surface area (Å²) in [4.78, 5) is 0. The number of hydrogen-bond acceptors (Lipinski definition) is 0. The van der Waals surface area contributed by atoms with E-state index in [4.69, 9.17) is 11.6 Å². The summed E-state index contributed by atoms with van der Waals surface area (Å²) in [6.07, 6.45) is 1.04. The lowest BCUT2D eigenvalue weighted by atomic mass is 10.0. The minimum Gasteiger partial charge on any atom is -0.118 e. The molecule has 0 saturated carbocycles. The van der Waals surface area contributed by atoms with Crippen LogP contribution in [0.3, 0.4) is 0 Å². The van der Waals surface area contributed by atoms with Gasteiger partial charge in [0.05, 0.1) is 5.38 Å². The summed E-state index contributed by atoms with van der Waals surface area (Å²) in [5, 5.41) is 0.171. The second-order valence-electron chi connectivity index (χ2n) is 2.94. The number of rotatable bonds is 3. The predicted octanol–water partition coefficient (Wildman–Crippen LogP) is 3.22. The van der Waals surface area contributed by atoms with Crippen LogP contribution in [0.4, 0.5) is 0 Å². The molecule has 0 fully saturated rings. The first-order valence-corrected chi connectivity index (χ1v) is 3.77. The van der Waals surface area contributed by atoms with E-state index >= 15 is 0 Å². The summed E-state index contributed by atoms with van der Waals surface area (Å²) in [5.41, 5.74) is 1.07. The molecule has 0 aliphatic heterocycles. The van der Waals surface area contributed by atoms with Crippen LogP contribution in [0.2, 0.25) is 0 Å². The summed E-state index contributed by atoms with van der Waals surface area (Å²) < 4.78 is 0. The van der Waals surface area contributed by atoms with Crippen LogP contribution in [0.5, 0.6) is 0 Å². The topological polar surface area (TPSA) is 0 Å². The predicted molar refractivity (Wildman–Crippen MR) is 43.9 cm³/mol. The first kappa shape index (κ1) is 9.03. The molecule has 1 unspecified atom stereocenters. The molecular weight excluding hydrogens is 132 g/mol. The van der Waals surface area contributed by atoms with Gasteiger partial charge in [0.25, 0.3) is 0 Å². The smallest absolute Gasteiger partial charge is 0.0542 e. The Bertz CT molecular complexity index is 94.7. The molecule has 0 amide bonds. The highest BCUT2D eigenvalue weighted by molar-refractivity contribution is 6.22. The molecule has 0 aromatic carbocycles. The lowest BCUT2D eigenvalue weighted by Gasteiger charge is -2.10. The van der Waals surface area contributed by atoms with Crippen molar-refractivity contribution in [3.63, 3.8) is 0 Å². The minimum absolute atomic E-state index is 0.171. The van der Waals surface area contributed by atoms with Crippen molar-refractivity contribution in [3.05, 3.63) is 12.2 Å². The Labute approximate surface area is 62.9 Å². The maximum Gasteiger partial charge on any atom is 0.0542 e. The SMILES string of the molecule is C=C(C)C(Cl)CC(C)C. The Morgan fingerprint density at radius 2 is 2.00 bits per heavy atom. The van der Waals surface area contributed by atoms with Gasteiger partial charge in [0.15, 0.2) is 0 Å². The molecule has 0 aromatic heterocycles. The van der Waals surface area contributed by atoms with Crippen LogP contribution in [0.1, 0.15) is 27.2 Å². The van der Waals surface area contributed by atoms with E-state index in [9.17, 15) is 0 Å². The van der Waals surface area contributed by atoms with Crippen molar-refractivity contribution in [2.75, 3.05) is 0 Å². The summed E-state index contributed by atoms with van der Waals surface area (Å²) in [6, 6.07) is 0. The quantitative estimate of drug-likeness (QED) is 0.424. The summed E-state index contributed by atoms with van der Waals surface area (Å²) >= 11 is 5.91. The van der Waals surface area contributed by atoms with Crippen molar-refractivity contribution in [3.8, 4) is 0 Å². The molecule has 0 aliphatic carbocycles. The van der Waals surface area contributed by atoms with Gasteiger partial charge in [-0.05, 0) is 19.3 Å². The molecule has 54 valence electrons. The van der Waals surface area contributed by atoms with Gasteiger partial charge in [0.2, 0.25) is 0 Å². The Kier molecular flexibility index (Phi) is 3.96. The van der Waals surface area contributed by atoms with Gasteiger partial charge in [-0.1, -0.05) is 26.0 Å². The van der Waals surface area contributed by atoms with E-state index in [1.54, 1.807) is 0 Å². The molecule has 9 heavy (non-hydrogen) atoms. The second-order valence-corrected chi connectivity index (χ2v) is 3.47. The van der Waals surface area contributed by atoms with Crippen molar-refractivity contribution < 1.29 is 0 Å². The average Bonchev–Trinajstić information content (AvgIpc) is 1.63. The monoisotopic (exact) mass is 146 g/mol. The van der Waals surface area contributed by atoms with Crippen LogP contribution >= 0.6 is 11.6 Å². The molecule has 0 rings (SSSR count). The van der Waals surface area contributed by atoms with Gasteiger partial charge in [0.1, 0.15) is 0 Å². The second kappa shape index (κ2) is 3.94. The van der Waals surface area contributed by atoms with Crippen LogP contribution < -0.4 is 0 Å². The highest BCUT2D eigenvalue weighted by atomic mass is 35.5. The van der Waals surface area contributed by atoms with Crippen LogP contribution in [-0.2, 0) is 0 Å². The maximum absolute atomic E-state index is 5.91. The van der Waals surface area contributed by atoms with Gasteiger partial charge in [-0.15, -0.1) is 11.6 Å². The lowest BCUT2D eigenvalue weighted by Crippen LogP contribution is -2.03. The first-order valence-electron chi connectivity index (χ1n) is 3.33. The largest absolute Gasteiger partial charge is 0.118 e. The van der Waals surface area contributed by atoms with Crippen LogP contribution in [0.15, 0.2) is 12.2 Å². The van der Waals surface area contributed by atoms with E-state index in [1.807, 2.05) is 6.92 Å². The van der Waals surface area contributed by atoms with Gasteiger partial charge in [-0.25, -0.2) is 0 Å². The first-order chi connectivity index (χ1) is 4.04. The third kappa shape index (κ3) is 4.53. The van der Waals surface area contributed by atoms with E-state index in [1.165, 1.54) is 0 Å². The Hall–Kier alpha value is 0.0300. The third-order valence-corrected chi connectivity index (χ3v) is 1.76. The van der Waals surface area contributed by atoms with Crippen molar-refractivity contribution in [1.82, 2.24) is 0 Å². The van der Waals surface area contributed by atoms with Crippen LogP contribution in [0, 0.1) is 5.92 Å². The molecular formula is C8H15Cl. The highest BCUT2D eigenvalue weighted by Crippen LogP contribution is 2.16. The van der Waals surface area contributed by atoms with Crippen LogP contribution in [0.25, 0.3) is 0 Å². The highest BCUT2D eigenvalue weighted by Gasteiger charge is 2.06. The molecule has 0 heterocycles. The standard InChI is InChI=1S/C8H15Cl/c1-6(2)5-8(9)7(3)4/h6,8H,3,5H2,1-2,4H3. The zero-order valence-electron chi connectivity index (χ0n) is 6.45. The fraction of sp³-hybridized carbons (Fsp3) is 0.750.